The van der Waals surface area contributed by atoms with E-state index in [1.807, 2.05) is 4.90 Å². The maximum atomic E-state index is 12.9. The molecule has 2 saturated heterocycles. The molecule has 2 aromatic carbocycles. The highest BCUT2D eigenvalue weighted by atomic mass is 32.2. The first-order chi connectivity index (χ1) is 34.9. The predicted octanol–water partition coefficient (Wildman–Crippen LogP) is 3.91. The molecule has 0 saturated carbocycles. The molecular weight excluding hydrogens is 969 g/mol. The Morgan fingerprint density at radius 2 is 1.08 bits per heavy atom. The molecule has 0 unspecified atom stereocenters. The summed E-state index contributed by atoms with van der Waals surface area (Å²) in [5.74, 6) is 2.20. The van der Waals surface area contributed by atoms with Crippen LogP contribution in [-0.2, 0) is 19.5 Å². The smallest absolute Gasteiger partial charge is 0.295 e. The van der Waals surface area contributed by atoms with E-state index < -0.39 is 10.1 Å². The van der Waals surface area contributed by atoms with Gasteiger partial charge in [0.25, 0.3) is 10.1 Å². The molecule has 2 aliphatic rings. The maximum absolute atomic E-state index is 12.9. The first-order valence-corrected chi connectivity index (χ1v) is 26.9. The van der Waals surface area contributed by atoms with Crippen LogP contribution in [0.2, 0.25) is 0 Å². The molecule has 0 atom stereocenters. The molecule has 396 valence electrons. The lowest BCUT2D eigenvalue weighted by molar-refractivity contribution is -0.432. The Bertz CT molecular complexity index is 2420. The Kier molecular flexibility index (Phi) is 22.6. The zero-order chi connectivity index (χ0) is 51.3. The first kappa shape index (κ1) is 56.2. The second kappa shape index (κ2) is 29.0. The summed E-state index contributed by atoms with van der Waals surface area (Å²) < 4.78 is 41.2. The van der Waals surface area contributed by atoms with Crippen LogP contribution in [0.25, 0.3) is 12.2 Å². The van der Waals surface area contributed by atoms with Crippen molar-refractivity contribution in [1.82, 2.24) is 49.5 Å². The fourth-order valence-corrected chi connectivity index (χ4v) is 9.50. The quantitative estimate of drug-likeness (QED) is 0.00918. The number of hydrogen-bond acceptors (Lipinski definition) is 24. The fourth-order valence-electron chi connectivity index (χ4n) is 8.28. The summed E-state index contributed by atoms with van der Waals surface area (Å²) >= 11 is 0.713. The molecule has 0 aliphatic carbocycles. The van der Waals surface area contributed by atoms with E-state index in [-0.39, 0.29) is 35.6 Å². The molecule has 4 heterocycles. The van der Waals surface area contributed by atoms with E-state index in [1.165, 1.54) is 12.1 Å². The van der Waals surface area contributed by atoms with Crippen molar-refractivity contribution in [3.05, 3.63) is 47.5 Å². The van der Waals surface area contributed by atoms with E-state index >= 15 is 0 Å². The summed E-state index contributed by atoms with van der Waals surface area (Å²) in [6, 6.07) is 9.76. The molecule has 4 aromatic rings. The van der Waals surface area contributed by atoms with Gasteiger partial charge in [-0.2, -0.15) is 38.3 Å². The van der Waals surface area contributed by atoms with E-state index in [1.54, 1.807) is 36.4 Å². The van der Waals surface area contributed by atoms with Crippen molar-refractivity contribution in [3.63, 3.8) is 0 Å². The van der Waals surface area contributed by atoms with Crippen LogP contribution >= 0.6 is 12.0 Å². The monoisotopic (exact) mass is 1040 g/mol. The van der Waals surface area contributed by atoms with Crippen LogP contribution in [-0.4, -0.2) is 209 Å². The predicted molar refractivity (Wildman–Crippen MR) is 282 cm³/mol. The Labute approximate surface area is 427 Å². The van der Waals surface area contributed by atoms with E-state index in [0.717, 1.165) is 78.3 Å². The van der Waals surface area contributed by atoms with Gasteiger partial charge in [0.1, 0.15) is 4.90 Å². The zero-order valence-electron chi connectivity index (χ0n) is 41.8. The minimum Gasteiger partial charge on any atom is -0.395 e. The van der Waals surface area contributed by atoms with Crippen molar-refractivity contribution in [2.75, 3.05) is 162 Å². The van der Waals surface area contributed by atoms with Gasteiger partial charge in [-0.25, -0.2) is 5.26 Å². The number of nitrogens with one attached hydrogen (secondary N) is 4. The first-order valence-electron chi connectivity index (χ1n) is 24.7. The van der Waals surface area contributed by atoms with Gasteiger partial charge in [0, 0.05) is 94.8 Å². The molecule has 2 aromatic heterocycles. The minimum atomic E-state index is -4.75. The fraction of sp³-hybridized carbons (Fsp3) is 0.565. The number of aliphatic hydroxyl groups excluding tert-OH is 2. The summed E-state index contributed by atoms with van der Waals surface area (Å²) in [6.45, 7) is 22.5. The zero-order valence-corrected chi connectivity index (χ0v) is 43.4. The van der Waals surface area contributed by atoms with Gasteiger partial charge in [-0.1, -0.05) is 57.0 Å². The number of aliphatic hydroxyl groups is 2. The second-order valence-electron chi connectivity index (χ2n) is 17.1. The number of aromatic nitrogens is 6. The van der Waals surface area contributed by atoms with E-state index in [9.17, 15) is 23.2 Å². The molecule has 0 bridgehead atoms. The highest BCUT2D eigenvalue weighted by Crippen LogP contribution is 2.32. The normalized spacial score (nSPS) is 15.0. The van der Waals surface area contributed by atoms with Crippen LogP contribution in [0.4, 0.5) is 47.1 Å². The van der Waals surface area contributed by atoms with Gasteiger partial charge in [0.05, 0.1) is 25.3 Å². The molecule has 72 heavy (non-hydrogen) atoms. The third-order valence-corrected chi connectivity index (χ3v) is 14.0. The van der Waals surface area contributed by atoms with Crippen LogP contribution in [0.5, 0.6) is 0 Å². The third kappa shape index (κ3) is 17.3. The van der Waals surface area contributed by atoms with Crippen molar-refractivity contribution in [2.45, 2.75) is 50.3 Å². The summed E-state index contributed by atoms with van der Waals surface area (Å²) in [6.07, 6.45) is 4.93. The molecule has 26 heteroatoms. The van der Waals surface area contributed by atoms with Crippen LogP contribution < -0.4 is 31.1 Å². The van der Waals surface area contributed by atoms with Crippen LogP contribution in [0, 0.1) is 0 Å². The average molecular weight is 1040 g/mol. The van der Waals surface area contributed by atoms with Gasteiger partial charge >= 0.3 is 0 Å². The molecule has 0 spiro atoms. The number of β-amino-alcohol motifs (C(OH)–C–C–N with tert-alkyl or cyclic N) is 2. The van der Waals surface area contributed by atoms with Crippen molar-refractivity contribution in [2.24, 2.45) is 0 Å². The Hall–Kier alpha value is -5.10. The highest BCUT2D eigenvalue weighted by Gasteiger charge is 2.23. The lowest BCUT2D eigenvalue weighted by Crippen LogP contribution is -2.47. The standard InChI is InChI=1S/C46H72N16O8S2/c1-5-57(6-2)19-9-17-47-41-51-43(55-45(53-41)61-25-21-59(22-26-61)29-31-63)49-37-15-13-35(39(33-37)71-70-69-65)11-12-36-14-16-38(34-40(36)72(66,67)68)50-44-52-42(48-18-10-20-58(7-3)8-4)54-46(56-44)62-27-23-60(24-28-62)30-32-64/h11-16,33-34,63-65H,5-10,17-32H2,1-4H3,(H,66,67,68)(H2,47,49,51,53,55)(H2,48,50,52,54,56)/b12-11+. The van der Waals surface area contributed by atoms with Gasteiger partial charge in [0.2, 0.25) is 35.7 Å². The molecule has 24 nitrogen and oxygen atoms in total. The van der Waals surface area contributed by atoms with Crippen molar-refractivity contribution in [1.29, 1.82) is 0 Å². The van der Waals surface area contributed by atoms with E-state index in [0.29, 0.717) is 110 Å². The largest absolute Gasteiger partial charge is 0.395 e. The Morgan fingerprint density at radius 3 is 1.53 bits per heavy atom. The molecule has 6 rings (SSSR count). The van der Waals surface area contributed by atoms with Crippen LogP contribution in [0.1, 0.15) is 51.7 Å². The summed E-state index contributed by atoms with van der Waals surface area (Å²) in [5, 5.41) is 45.1. The number of benzene rings is 2. The van der Waals surface area contributed by atoms with Crippen LogP contribution in [0.15, 0.2) is 46.2 Å². The number of hydrogen-bond donors (Lipinski definition) is 8. The number of piperazine rings is 2. The molecule has 2 fully saturated rings. The Morgan fingerprint density at radius 1 is 0.639 bits per heavy atom. The van der Waals surface area contributed by atoms with Gasteiger partial charge < -0.3 is 51.1 Å². The SMILES string of the molecule is CCN(CC)CCCNc1nc(Nc2ccc(/C=C/c3ccc(Nc4nc(NCCCN(CC)CC)nc(N5CCN(CCO)CC5)n4)cc3S(=O)(=O)O)c(SOOO)c2)nc(N2CCN(CCO)CC2)n1. The summed E-state index contributed by atoms with van der Waals surface area (Å²) in [7, 11) is -4.75. The van der Waals surface area contributed by atoms with Gasteiger partial charge in [-0.15, -0.1) is 4.33 Å². The molecule has 2 aliphatic heterocycles. The number of anilines is 8. The lowest BCUT2D eigenvalue weighted by atomic mass is 10.1. The van der Waals surface area contributed by atoms with Crippen molar-refractivity contribution in [3.8, 4) is 0 Å². The van der Waals surface area contributed by atoms with Gasteiger partial charge in [0.15, 0.2) is 0 Å². The second-order valence-corrected chi connectivity index (χ2v) is 19.2. The van der Waals surface area contributed by atoms with Crippen molar-refractivity contribution < 1.29 is 37.8 Å². The van der Waals surface area contributed by atoms with Gasteiger partial charge in [-0.3, -0.25) is 14.4 Å². The van der Waals surface area contributed by atoms with E-state index in [4.69, 9.17) is 29.5 Å². The molecule has 0 radical (unpaired) electrons. The average Bonchev–Trinajstić information content (AvgIpc) is 3.38. The Balaban J connectivity index is 1.22. The number of nitrogens with zero attached hydrogens (tertiary/aromatic N) is 12. The highest BCUT2D eigenvalue weighted by molar-refractivity contribution is 7.94. The lowest BCUT2D eigenvalue weighted by Gasteiger charge is -2.34. The minimum absolute atomic E-state index is 0.0803. The molecular formula is C46H72N16O8S2. The summed E-state index contributed by atoms with van der Waals surface area (Å²) in [4.78, 5) is 41.5. The maximum Gasteiger partial charge on any atom is 0.295 e. The third-order valence-electron chi connectivity index (χ3n) is 12.5. The molecule has 0 amide bonds. The number of rotatable bonds is 30. The summed E-state index contributed by atoms with van der Waals surface area (Å²) in [5.41, 5.74) is 1.60. The topological polar surface area (TPSA) is 278 Å². The van der Waals surface area contributed by atoms with Crippen LogP contribution in [0.3, 0.4) is 0 Å². The van der Waals surface area contributed by atoms with Gasteiger partial charge in [-0.05, 0) is 87.5 Å². The van der Waals surface area contributed by atoms with Crippen molar-refractivity contribution >= 4 is 81.4 Å². The van der Waals surface area contributed by atoms with E-state index in [2.05, 4.69) is 88.5 Å². The molecule has 8 N–H and O–H groups in total.